The summed E-state index contributed by atoms with van der Waals surface area (Å²) in [6.07, 6.45) is 0. The Hall–Kier alpha value is -2.62. The van der Waals surface area contributed by atoms with Crippen molar-refractivity contribution in [3.63, 3.8) is 0 Å². The predicted octanol–water partition coefficient (Wildman–Crippen LogP) is 2.19. The molecule has 0 spiro atoms. The van der Waals surface area contributed by atoms with Crippen LogP contribution >= 0.6 is 0 Å². The molecule has 2 aromatic rings. The summed E-state index contributed by atoms with van der Waals surface area (Å²) in [5, 5.41) is 19.9. The molecule has 18 heavy (non-hydrogen) atoms. The van der Waals surface area contributed by atoms with Crippen LogP contribution in [0.3, 0.4) is 0 Å². The van der Waals surface area contributed by atoms with E-state index in [4.69, 9.17) is 0 Å². The number of fused-ring (bicyclic) bond motifs is 1. The number of para-hydroxylation sites is 2. The van der Waals surface area contributed by atoms with Gasteiger partial charge in [0.15, 0.2) is 5.75 Å². The van der Waals surface area contributed by atoms with Gasteiger partial charge in [0.2, 0.25) is 0 Å². The number of carbonyl (C=O) groups is 1. The molecule has 0 unspecified atom stereocenters. The number of aromatic hydroxyl groups is 1. The standard InChI is InChI=1S/C14H9NO3/c16-12-8-4-3-7-11(12)15-13(17)9-5-1-2-6-10(9)14(15)18/h1-8,16H/p+1. The number of aliphatic hydroxyl groups excluding tert-OH is 1. The number of hydrogen-bond acceptors (Lipinski definition) is 2. The minimum atomic E-state index is -0.343. The smallest absolute Gasteiger partial charge is 0.429 e. The van der Waals surface area contributed by atoms with Gasteiger partial charge in [-0.2, -0.15) is 0 Å². The van der Waals surface area contributed by atoms with Gasteiger partial charge in [-0.25, -0.2) is 4.79 Å². The normalized spacial score (nSPS) is 13.9. The van der Waals surface area contributed by atoms with Crippen molar-refractivity contribution >= 4 is 17.5 Å². The summed E-state index contributed by atoms with van der Waals surface area (Å²) in [6, 6.07) is 13.2. The van der Waals surface area contributed by atoms with Crippen molar-refractivity contribution in [2.24, 2.45) is 0 Å². The third-order valence-corrected chi connectivity index (χ3v) is 2.94. The number of phenols is 1. The minimum absolute atomic E-state index is 0.0507. The first-order valence-electron chi connectivity index (χ1n) is 5.48. The molecule has 2 aromatic carbocycles. The summed E-state index contributed by atoms with van der Waals surface area (Å²) in [6.45, 7) is 0. The van der Waals surface area contributed by atoms with Crippen molar-refractivity contribution in [2.75, 3.05) is 0 Å². The van der Waals surface area contributed by atoms with Crippen molar-refractivity contribution in [2.45, 2.75) is 0 Å². The number of benzene rings is 2. The van der Waals surface area contributed by atoms with E-state index in [0.29, 0.717) is 11.1 Å². The highest BCUT2D eigenvalue weighted by Crippen LogP contribution is 2.30. The van der Waals surface area contributed by atoms with Crippen LogP contribution in [0.1, 0.15) is 15.9 Å². The summed E-state index contributed by atoms with van der Waals surface area (Å²) in [5.74, 6) is -0.549. The zero-order chi connectivity index (χ0) is 12.7. The third-order valence-electron chi connectivity index (χ3n) is 2.94. The molecule has 0 fully saturated rings. The quantitative estimate of drug-likeness (QED) is 0.751. The fraction of sp³-hybridized carbons (Fsp3) is 0. The fourth-order valence-electron chi connectivity index (χ4n) is 2.08. The molecule has 0 saturated heterocycles. The van der Waals surface area contributed by atoms with E-state index in [9.17, 15) is 15.0 Å². The topological polar surface area (TPSA) is 60.5 Å². The molecule has 0 aromatic heterocycles. The molecule has 1 aliphatic heterocycles. The second kappa shape index (κ2) is 3.70. The fourth-order valence-corrected chi connectivity index (χ4v) is 2.08. The van der Waals surface area contributed by atoms with E-state index >= 15 is 0 Å². The first-order chi connectivity index (χ1) is 8.70. The molecule has 0 aliphatic carbocycles. The molecule has 88 valence electrons. The van der Waals surface area contributed by atoms with Crippen LogP contribution < -0.4 is 0 Å². The summed E-state index contributed by atoms with van der Waals surface area (Å²) < 4.78 is 1.11. The Morgan fingerprint density at radius 3 is 2.11 bits per heavy atom. The molecule has 0 saturated carbocycles. The van der Waals surface area contributed by atoms with Gasteiger partial charge in [0, 0.05) is 6.07 Å². The number of nitrogens with zero attached hydrogens (tertiary/aromatic N) is 1. The maximum absolute atomic E-state index is 12.2. The summed E-state index contributed by atoms with van der Waals surface area (Å²) in [7, 11) is 0. The van der Waals surface area contributed by atoms with E-state index in [2.05, 4.69) is 0 Å². The Labute approximate surface area is 103 Å². The average molecular weight is 240 g/mol. The lowest BCUT2D eigenvalue weighted by Gasteiger charge is -1.97. The number of amides is 1. The van der Waals surface area contributed by atoms with E-state index in [1.54, 1.807) is 42.5 Å². The lowest BCUT2D eigenvalue weighted by Crippen LogP contribution is -2.15. The van der Waals surface area contributed by atoms with Crippen molar-refractivity contribution in [1.29, 1.82) is 0 Å². The van der Waals surface area contributed by atoms with Gasteiger partial charge in [0.05, 0.1) is 0 Å². The first kappa shape index (κ1) is 10.5. The molecule has 1 heterocycles. The van der Waals surface area contributed by atoms with Crippen LogP contribution in [0, 0.1) is 0 Å². The molecule has 0 atom stereocenters. The molecule has 1 aliphatic rings. The zero-order valence-corrected chi connectivity index (χ0v) is 9.37. The van der Waals surface area contributed by atoms with Crippen molar-refractivity contribution in [1.82, 2.24) is 0 Å². The van der Waals surface area contributed by atoms with Crippen molar-refractivity contribution in [3.05, 3.63) is 59.7 Å². The van der Waals surface area contributed by atoms with Crippen molar-refractivity contribution in [3.8, 4) is 5.75 Å². The maximum atomic E-state index is 12.2. The summed E-state index contributed by atoms with van der Waals surface area (Å²) in [5.41, 5.74) is 1.18. The lowest BCUT2D eigenvalue weighted by atomic mass is 10.1. The first-order valence-corrected chi connectivity index (χ1v) is 5.48. The van der Waals surface area contributed by atoms with Gasteiger partial charge < -0.3 is 10.2 Å². The maximum Gasteiger partial charge on any atom is 0.429 e. The van der Waals surface area contributed by atoms with Gasteiger partial charge in [-0.05, 0) is 18.2 Å². The van der Waals surface area contributed by atoms with Crippen LogP contribution in [-0.2, 0) is 0 Å². The third kappa shape index (κ3) is 1.32. The number of carbonyl (C=O) groups excluding carboxylic acids is 1. The van der Waals surface area contributed by atoms with E-state index in [1.165, 1.54) is 6.07 Å². The molecule has 4 nitrogen and oxygen atoms in total. The zero-order valence-electron chi connectivity index (χ0n) is 9.37. The Kier molecular flexibility index (Phi) is 2.16. The highest BCUT2D eigenvalue weighted by atomic mass is 16.3. The Morgan fingerprint density at radius 2 is 1.44 bits per heavy atom. The van der Waals surface area contributed by atoms with Gasteiger partial charge in [-0.15, -0.1) is 0 Å². The number of hydrogen-bond donors (Lipinski definition) is 2. The van der Waals surface area contributed by atoms with Crippen LogP contribution in [0.5, 0.6) is 5.75 Å². The molecule has 3 rings (SSSR count). The van der Waals surface area contributed by atoms with Crippen LogP contribution in [-0.4, -0.2) is 26.6 Å². The van der Waals surface area contributed by atoms with Gasteiger partial charge in [-0.1, -0.05) is 28.8 Å². The van der Waals surface area contributed by atoms with Gasteiger partial charge in [0.1, 0.15) is 11.1 Å². The van der Waals surface area contributed by atoms with Crippen LogP contribution in [0.4, 0.5) is 5.69 Å². The van der Waals surface area contributed by atoms with E-state index < -0.39 is 0 Å². The molecule has 1 amide bonds. The largest absolute Gasteiger partial charge is 0.502 e. The second-order valence-electron chi connectivity index (χ2n) is 4.00. The van der Waals surface area contributed by atoms with Gasteiger partial charge >= 0.3 is 11.8 Å². The number of phenolic OH excluding ortho intramolecular Hbond substituents is 1. The highest BCUT2D eigenvalue weighted by Gasteiger charge is 2.40. The minimum Gasteiger partial charge on any atom is -0.502 e. The van der Waals surface area contributed by atoms with Crippen LogP contribution in [0.25, 0.3) is 0 Å². The SMILES string of the molecule is O=C1c2ccccc2C(O)=[N+]1c1ccccc1O. The Bertz CT molecular complexity index is 689. The van der Waals surface area contributed by atoms with Crippen LogP contribution in [0.15, 0.2) is 48.5 Å². The lowest BCUT2D eigenvalue weighted by molar-refractivity contribution is -0.342. The summed E-state index contributed by atoms with van der Waals surface area (Å²) in [4.78, 5) is 12.2. The molecule has 0 radical (unpaired) electrons. The molecular formula is C14H10NO3+. The molecule has 4 heteroatoms. The molecular weight excluding hydrogens is 230 g/mol. The monoisotopic (exact) mass is 240 g/mol. The van der Waals surface area contributed by atoms with E-state index in [0.717, 1.165) is 4.58 Å². The van der Waals surface area contributed by atoms with Crippen molar-refractivity contribution < 1.29 is 19.6 Å². The average Bonchev–Trinajstić information content (AvgIpc) is 2.64. The molecule has 2 N–H and O–H groups in total. The van der Waals surface area contributed by atoms with E-state index in [1.807, 2.05) is 0 Å². The predicted molar refractivity (Wildman–Crippen MR) is 65.5 cm³/mol. The van der Waals surface area contributed by atoms with Gasteiger partial charge in [-0.3, -0.25) is 0 Å². The van der Waals surface area contributed by atoms with E-state index in [-0.39, 0.29) is 23.2 Å². The summed E-state index contributed by atoms with van der Waals surface area (Å²) >= 11 is 0. The molecule has 0 bridgehead atoms. The van der Waals surface area contributed by atoms with Gasteiger partial charge in [0.25, 0.3) is 5.69 Å². The Balaban J connectivity index is 2.25. The second-order valence-corrected chi connectivity index (χ2v) is 4.00. The Morgan fingerprint density at radius 1 is 0.833 bits per heavy atom. The number of aliphatic hydroxyl groups is 1. The van der Waals surface area contributed by atoms with Crippen LogP contribution in [0.2, 0.25) is 0 Å². The number of rotatable bonds is 1. The highest BCUT2D eigenvalue weighted by molar-refractivity contribution is 6.10.